The van der Waals surface area contributed by atoms with Crippen LogP contribution in [0.4, 0.5) is 0 Å². The van der Waals surface area contributed by atoms with Gasteiger partial charge in [0, 0.05) is 17.6 Å². The fourth-order valence-electron chi connectivity index (χ4n) is 1.79. The van der Waals surface area contributed by atoms with Gasteiger partial charge >= 0.3 is 0 Å². The van der Waals surface area contributed by atoms with Crippen LogP contribution < -0.4 is 5.73 Å². The summed E-state index contributed by atoms with van der Waals surface area (Å²) >= 11 is 0. The number of fused-ring (bicyclic) bond motifs is 1. The first-order valence-corrected chi connectivity index (χ1v) is 5.41. The lowest BCUT2D eigenvalue weighted by molar-refractivity contribution is 0.265. The van der Waals surface area contributed by atoms with Crippen LogP contribution in [0.25, 0.3) is 10.9 Å². The predicted molar refractivity (Wildman–Crippen MR) is 65.2 cm³/mol. The van der Waals surface area contributed by atoms with Gasteiger partial charge in [-0.25, -0.2) is 0 Å². The highest BCUT2D eigenvalue weighted by Gasteiger charge is 2.03. The summed E-state index contributed by atoms with van der Waals surface area (Å²) in [5, 5.41) is 10.0. The largest absolute Gasteiger partial charge is 0.395 e. The molecule has 0 bridgehead atoms. The van der Waals surface area contributed by atoms with E-state index in [9.17, 15) is 0 Å². The van der Waals surface area contributed by atoms with E-state index in [-0.39, 0.29) is 12.6 Å². The van der Waals surface area contributed by atoms with Gasteiger partial charge < -0.3 is 10.8 Å². The van der Waals surface area contributed by atoms with Gasteiger partial charge in [0.25, 0.3) is 0 Å². The molecule has 84 valence electrons. The number of aryl methyl sites for hydroxylation is 1. The van der Waals surface area contributed by atoms with Gasteiger partial charge in [0.15, 0.2) is 0 Å². The fourth-order valence-corrected chi connectivity index (χ4v) is 1.79. The number of aliphatic hydroxyl groups is 1. The third kappa shape index (κ3) is 2.38. The van der Waals surface area contributed by atoms with Crippen molar-refractivity contribution in [1.29, 1.82) is 0 Å². The average molecular weight is 216 g/mol. The van der Waals surface area contributed by atoms with E-state index in [2.05, 4.69) is 17.1 Å². The second-order valence-electron chi connectivity index (χ2n) is 4.19. The minimum Gasteiger partial charge on any atom is -0.395 e. The predicted octanol–water partition coefficient (Wildman–Crippen LogP) is 1.41. The van der Waals surface area contributed by atoms with Gasteiger partial charge in [0.1, 0.15) is 0 Å². The minimum atomic E-state index is -0.185. The van der Waals surface area contributed by atoms with E-state index in [1.54, 1.807) is 0 Å². The van der Waals surface area contributed by atoms with Crippen LogP contribution >= 0.6 is 0 Å². The zero-order chi connectivity index (χ0) is 11.5. The number of nitrogens with two attached hydrogens (primary N) is 1. The molecule has 3 N–H and O–H groups in total. The van der Waals surface area contributed by atoms with Crippen molar-refractivity contribution in [3.05, 3.63) is 41.6 Å². The second kappa shape index (κ2) is 4.60. The van der Waals surface area contributed by atoms with Crippen LogP contribution in [0.1, 0.15) is 11.1 Å². The molecule has 0 aliphatic rings. The standard InChI is InChI=1S/C13H16N2O/c1-9-4-11-5-10(6-12(14)8-16)2-3-13(11)15-7-9/h2-5,7,12,16H,6,8,14H2,1H3. The molecule has 0 amide bonds. The number of hydrogen-bond acceptors (Lipinski definition) is 3. The zero-order valence-corrected chi connectivity index (χ0v) is 9.35. The molecule has 0 radical (unpaired) electrons. The van der Waals surface area contributed by atoms with Crippen molar-refractivity contribution in [2.45, 2.75) is 19.4 Å². The maximum atomic E-state index is 8.92. The third-order valence-corrected chi connectivity index (χ3v) is 2.61. The van der Waals surface area contributed by atoms with Gasteiger partial charge in [0.05, 0.1) is 12.1 Å². The highest BCUT2D eigenvalue weighted by molar-refractivity contribution is 5.79. The lowest BCUT2D eigenvalue weighted by Gasteiger charge is -2.08. The molecule has 0 aliphatic heterocycles. The first kappa shape index (κ1) is 11.0. The van der Waals surface area contributed by atoms with Crippen molar-refractivity contribution in [1.82, 2.24) is 4.98 Å². The summed E-state index contributed by atoms with van der Waals surface area (Å²) in [6, 6.07) is 8.02. The highest BCUT2D eigenvalue weighted by atomic mass is 16.3. The third-order valence-electron chi connectivity index (χ3n) is 2.61. The molecule has 1 aromatic carbocycles. The Bertz CT molecular complexity index is 496. The molecule has 1 heterocycles. The molecule has 0 fully saturated rings. The molecule has 1 unspecified atom stereocenters. The number of pyridine rings is 1. The van der Waals surface area contributed by atoms with Gasteiger partial charge in [-0.15, -0.1) is 0 Å². The summed E-state index contributed by atoms with van der Waals surface area (Å²) < 4.78 is 0. The summed E-state index contributed by atoms with van der Waals surface area (Å²) in [6.45, 7) is 2.04. The van der Waals surface area contributed by atoms with E-state index in [4.69, 9.17) is 10.8 Å². The molecule has 16 heavy (non-hydrogen) atoms. The Morgan fingerprint density at radius 1 is 1.38 bits per heavy atom. The van der Waals surface area contributed by atoms with Crippen molar-refractivity contribution in [3.8, 4) is 0 Å². The van der Waals surface area contributed by atoms with E-state index in [0.717, 1.165) is 22.0 Å². The summed E-state index contributed by atoms with van der Waals surface area (Å²) in [4.78, 5) is 4.34. The number of benzene rings is 1. The SMILES string of the molecule is Cc1cnc2ccc(CC(N)CO)cc2c1. The molecule has 2 aromatic rings. The number of hydrogen-bond donors (Lipinski definition) is 2. The van der Waals surface area contributed by atoms with Gasteiger partial charge in [0.2, 0.25) is 0 Å². The van der Waals surface area contributed by atoms with Crippen molar-refractivity contribution in [2.75, 3.05) is 6.61 Å². The number of nitrogens with zero attached hydrogens (tertiary/aromatic N) is 1. The summed E-state index contributed by atoms with van der Waals surface area (Å²) in [7, 11) is 0. The number of aliphatic hydroxyl groups excluding tert-OH is 1. The molecule has 0 saturated carbocycles. The van der Waals surface area contributed by atoms with E-state index >= 15 is 0 Å². The lowest BCUT2D eigenvalue weighted by atomic mass is 10.0. The smallest absolute Gasteiger partial charge is 0.0702 e. The topological polar surface area (TPSA) is 59.1 Å². The van der Waals surface area contributed by atoms with Gasteiger partial charge in [-0.05, 0) is 42.7 Å². The van der Waals surface area contributed by atoms with Crippen molar-refractivity contribution >= 4 is 10.9 Å². The molecule has 3 heteroatoms. The zero-order valence-electron chi connectivity index (χ0n) is 9.35. The Labute approximate surface area is 94.9 Å². The lowest BCUT2D eigenvalue weighted by Crippen LogP contribution is -2.26. The van der Waals surface area contributed by atoms with Crippen LogP contribution in [-0.4, -0.2) is 22.7 Å². The van der Waals surface area contributed by atoms with Crippen LogP contribution in [0.15, 0.2) is 30.5 Å². The molecule has 0 saturated heterocycles. The summed E-state index contributed by atoms with van der Waals surface area (Å²) in [6.07, 6.45) is 2.56. The molecular formula is C13H16N2O. The number of rotatable bonds is 3. The fraction of sp³-hybridized carbons (Fsp3) is 0.308. The first-order chi connectivity index (χ1) is 7.69. The molecule has 2 rings (SSSR count). The Morgan fingerprint density at radius 3 is 2.94 bits per heavy atom. The Balaban J connectivity index is 2.35. The molecule has 3 nitrogen and oxygen atoms in total. The molecule has 1 atom stereocenters. The Hall–Kier alpha value is -1.45. The minimum absolute atomic E-state index is 0.0180. The van der Waals surface area contributed by atoms with Gasteiger partial charge in [-0.2, -0.15) is 0 Å². The molecule has 1 aromatic heterocycles. The second-order valence-corrected chi connectivity index (χ2v) is 4.19. The van der Waals surface area contributed by atoms with Crippen LogP contribution in [0, 0.1) is 6.92 Å². The monoisotopic (exact) mass is 216 g/mol. The normalized spacial score (nSPS) is 12.9. The van der Waals surface area contributed by atoms with Crippen LogP contribution in [0.2, 0.25) is 0 Å². The van der Waals surface area contributed by atoms with E-state index in [0.29, 0.717) is 6.42 Å². The van der Waals surface area contributed by atoms with Crippen LogP contribution in [0.5, 0.6) is 0 Å². The van der Waals surface area contributed by atoms with Gasteiger partial charge in [-0.3, -0.25) is 4.98 Å². The Morgan fingerprint density at radius 2 is 2.19 bits per heavy atom. The van der Waals surface area contributed by atoms with E-state index in [1.807, 2.05) is 25.3 Å². The van der Waals surface area contributed by atoms with Crippen LogP contribution in [-0.2, 0) is 6.42 Å². The summed E-state index contributed by atoms with van der Waals surface area (Å²) in [5.41, 5.74) is 9.00. The quantitative estimate of drug-likeness (QED) is 0.815. The maximum absolute atomic E-state index is 8.92. The Kier molecular flexibility index (Phi) is 3.17. The maximum Gasteiger partial charge on any atom is 0.0702 e. The van der Waals surface area contributed by atoms with Crippen LogP contribution in [0.3, 0.4) is 0 Å². The molecular weight excluding hydrogens is 200 g/mol. The van der Waals surface area contributed by atoms with Gasteiger partial charge in [-0.1, -0.05) is 6.07 Å². The van der Waals surface area contributed by atoms with E-state index in [1.165, 1.54) is 0 Å². The molecule has 0 aliphatic carbocycles. The van der Waals surface area contributed by atoms with E-state index < -0.39 is 0 Å². The summed E-state index contributed by atoms with van der Waals surface area (Å²) in [5.74, 6) is 0. The van der Waals surface area contributed by atoms with Crippen molar-refractivity contribution in [2.24, 2.45) is 5.73 Å². The average Bonchev–Trinajstić information content (AvgIpc) is 2.28. The number of aromatic nitrogens is 1. The van der Waals surface area contributed by atoms with Crippen molar-refractivity contribution in [3.63, 3.8) is 0 Å². The highest BCUT2D eigenvalue weighted by Crippen LogP contribution is 2.16. The van der Waals surface area contributed by atoms with Crippen molar-refractivity contribution < 1.29 is 5.11 Å². The first-order valence-electron chi connectivity index (χ1n) is 5.41. The molecule has 0 spiro atoms.